The zero-order valence-corrected chi connectivity index (χ0v) is 21.3. The van der Waals surface area contributed by atoms with Gasteiger partial charge in [0.05, 0.1) is 0 Å². The fourth-order valence-electron chi connectivity index (χ4n) is 5.03. The molecule has 0 bridgehead atoms. The van der Waals surface area contributed by atoms with Crippen LogP contribution in [0.1, 0.15) is 36.8 Å². The Bertz CT molecular complexity index is 1020. The topological polar surface area (TPSA) is 95.9 Å². The van der Waals surface area contributed by atoms with E-state index in [2.05, 4.69) is 17.4 Å². The average molecular weight is 511 g/mol. The van der Waals surface area contributed by atoms with E-state index in [9.17, 15) is 19.5 Å². The lowest BCUT2D eigenvalue weighted by Gasteiger charge is -2.31. The van der Waals surface area contributed by atoms with Gasteiger partial charge in [-0.3, -0.25) is 4.79 Å². The molecule has 1 saturated heterocycles. The summed E-state index contributed by atoms with van der Waals surface area (Å²) in [5, 5.41) is 12.6. The van der Waals surface area contributed by atoms with Gasteiger partial charge in [0.15, 0.2) is 0 Å². The van der Waals surface area contributed by atoms with Crippen LogP contribution >= 0.6 is 11.8 Å². The fraction of sp³-hybridized carbons (Fsp3) is 0.464. The third kappa shape index (κ3) is 7.26. The average Bonchev–Trinajstić information content (AvgIpc) is 2.90. The standard InChI is InChI=1S/C28H34N2O5S/c31-26(24-9-5-4-8-22(24)18-20-6-2-1-3-7-20)29-25(27(32)33)19-21-10-12-23(13-11-21)35-28(34)30-14-16-36-17-15-30/h1-3,6-7,10-13,22,24-25H,4-5,8-9,14-19H2,(H,29,31)(H,32,33). The molecule has 0 radical (unpaired) electrons. The molecule has 3 unspecified atom stereocenters. The minimum atomic E-state index is -1.06. The number of nitrogens with one attached hydrogen (secondary N) is 1. The van der Waals surface area contributed by atoms with Crippen LogP contribution in [-0.4, -0.2) is 58.6 Å². The van der Waals surface area contributed by atoms with Crippen LogP contribution in [0.2, 0.25) is 0 Å². The van der Waals surface area contributed by atoms with E-state index in [0.29, 0.717) is 18.8 Å². The molecule has 1 saturated carbocycles. The second-order valence-electron chi connectivity index (χ2n) is 9.56. The monoisotopic (exact) mass is 510 g/mol. The van der Waals surface area contributed by atoms with Crippen molar-refractivity contribution in [1.29, 1.82) is 0 Å². The summed E-state index contributed by atoms with van der Waals surface area (Å²) in [6.07, 6.45) is 4.46. The van der Waals surface area contributed by atoms with Gasteiger partial charge in [0, 0.05) is 36.9 Å². The highest BCUT2D eigenvalue weighted by Crippen LogP contribution is 2.33. The van der Waals surface area contributed by atoms with Gasteiger partial charge in [-0.2, -0.15) is 11.8 Å². The first-order valence-electron chi connectivity index (χ1n) is 12.7. The molecule has 0 spiro atoms. The minimum Gasteiger partial charge on any atom is -0.480 e. The fourth-order valence-corrected chi connectivity index (χ4v) is 5.94. The number of thioether (sulfide) groups is 1. The summed E-state index contributed by atoms with van der Waals surface area (Å²) in [4.78, 5) is 39.2. The van der Waals surface area contributed by atoms with E-state index in [0.717, 1.165) is 49.2 Å². The van der Waals surface area contributed by atoms with Crippen molar-refractivity contribution >= 4 is 29.7 Å². The number of amides is 2. The predicted molar refractivity (Wildman–Crippen MR) is 140 cm³/mol. The van der Waals surface area contributed by atoms with Crippen LogP contribution in [0.4, 0.5) is 4.79 Å². The van der Waals surface area contributed by atoms with E-state index in [1.807, 2.05) is 30.0 Å². The minimum absolute atomic E-state index is 0.161. The molecule has 7 nitrogen and oxygen atoms in total. The number of aliphatic carboxylic acids is 1. The molecule has 2 N–H and O–H groups in total. The van der Waals surface area contributed by atoms with Gasteiger partial charge in [-0.1, -0.05) is 55.3 Å². The molecule has 2 aliphatic rings. The molecule has 1 heterocycles. The van der Waals surface area contributed by atoms with Gasteiger partial charge in [-0.25, -0.2) is 9.59 Å². The van der Waals surface area contributed by atoms with Gasteiger partial charge in [0.2, 0.25) is 5.91 Å². The molecule has 0 aromatic heterocycles. The molecule has 3 atom stereocenters. The van der Waals surface area contributed by atoms with Crippen LogP contribution in [0.15, 0.2) is 54.6 Å². The number of hydrogen-bond acceptors (Lipinski definition) is 5. The molecule has 2 aromatic carbocycles. The molecule has 2 aromatic rings. The Hall–Kier alpha value is -3.00. The van der Waals surface area contributed by atoms with Crippen molar-refractivity contribution in [3.8, 4) is 5.75 Å². The highest BCUT2D eigenvalue weighted by molar-refractivity contribution is 7.99. The van der Waals surface area contributed by atoms with Gasteiger partial charge in [-0.15, -0.1) is 0 Å². The summed E-state index contributed by atoms with van der Waals surface area (Å²) >= 11 is 1.82. The summed E-state index contributed by atoms with van der Waals surface area (Å²) in [5.41, 5.74) is 1.96. The van der Waals surface area contributed by atoms with Gasteiger partial charge in [0.1, 0.15) is 11.8 Å². The zero-order chi connectivity index (χ0) is 25.3. The number of carboxylic acids is 1. The molecule has 8 heteroatoms. The van der Waals surface area contributed by atoms with Gasteiger partial charge >= 0.3 is 12.1 Å². The first-order chi connectivity index (χ1) is 17.5. The van der Waals surface area contributed by atoms with Gasteiger partial charge in [-0.05, 0) is 48.4 Å². The molecular formula is C28H34N2O5S. The van der Waals surface area contributed by atoms with Crippen molar-refractivity contribution in [3.05, 3.63) is 65.7 Å². The SMILES string of the molecule is O=C(O)C(Cc1ccc(OC(=O)N2CCSCC2)cc1)NC(=O)C1CCCCC1Cc1ccccc1. The number of benzene rings is 2. The molecular weight excluding hydrogens is 476 g/mol. The van der Waals surface area contributed by atoms with E-state index in [4.69, 9.17) is 4.74 Å². The summed E-state index contributed by atoms with van der Waals surface area (Å²) in [6.45, 7) is 1.35. The summed E-state index contributed by atoms with van der Waals surface area (Å²) in [7, 11) is 0. The maximum absolute atomic E-state index is 13.2. The lowest BCUT2D eigenvalue weighted by atomic mass is 9.75. The Morgan fingerprint density at radius 3 is 2.36 bits per heavy atom. The van der Waals surface area contributed by atoms with E-state index in [-0.39, 0.29) is 30.3 Å². The van der Waals surface area contributed by atoms with Crippen molar-refractivity contribution in [3.63, 3.8) is 0 Å². The van der Waals surface area contributed by atoms with Crippen molar-refractivity contribution in [2.45, 2.75) is 44.6 Å². The van der Waals surface area contributed by atoms with E-state index < -0.39 is 12.0 Å². The molecule has 2 fully saturated rings. The Morgan fingerprint density at radius 2 is 1.67 bits per heavy atom. The van der Waals surface area contributed by atoms with Gasteiger partial charge in [0.25, 0.3) is 0 Å². The molecule has 1 aliphatic carbocycles. The number of carbonyl (C=O) groups is 3. The largest absolute Gasteiger partial charge is 0.480 e. The normalized spacial score (nSPS) is 20.8. The van der Waals surface area contributed by atoms with Crippen LogP contribution in [0.5, 0.6) is 5.75 Å². The first-order valence-corrected chi connectivity index (χ1v) is 13.9. The number of carboxylic acid groups (broad SMARTS) is 1. The second-order valence-corrected chi connectivity index (χ2v) is 10.8. The highest BCUT2D eigenvalue weighted by Gasteiger charge is 2.33. The summed E-state index contributed by atoms with van der Waals surface area (Å²) in [5.74, 6) is 1.03. The Morgan fingerprint density at radius 1 is 0.972 bits per heavy atom. The third-order valence-corrected chi connectivity index (χ3v) is 7.98. The van der Waals surface area contributed by atoms with E-state index in [1.165, 1.54) is 5.56 Å². The molecule has 2 amide bonds. The molecule has 192 valence electrons. The van der Waals surface area contributed by atoms with Crippen LogP contribution in [0.3, 0.4) is 0 Å². The van der Waals surface area contributed by atoms with Crippen molar-refractivity contribution < 1.29 is 24.2 Å². The Balaban J connectivity index is 1.34. The number of carbonyl (C=O) groups excluding carboxylic acids is 2. The third-order valence-electron chi connectivity index (χ3n) is 7.04. The van der Waals surface area contributed by atoms with Crippen LogP contribution in [-0.2, 0) is 22.4 Å². The highest BCUT2D eigenvalue weighted by atomic mass is 32.2. The van der Waals surface area contributed by atoms with E-state index in [1.54, 1.807) is 29.2 Å². The lowest BCUT2D eigenvalue weighted by molar-refractivity contribution is -0.143. The number of nitrogens with zero attached hydrogens (tertiary/aromatic N) is 1. The second kappa shape index (κ2) is 12.8. The first kappa shape index (κ1) is 26.1. The molecule has 4 rings (SSSR count). The van der Waals surface area contributed by atoms with Crippen LogP contribution in [0, 0.1) is 11.8 Å². The summed E-state index contributed by atoms with van der Waals surface area (Å²) < 4.78 is 5.46. The van der Waals surface area contributed by atoms with Crippen molar-refractivity contribution in [1.82, 2.24) is 10.2 Å². The van der Waals surface area contributed by atoms with Crippen LogP contribution in [0.25, 0.3) is 0 Å². The lowest BCUT2D eigenvalue weighted by Crippen LogP contribution is -2.47. The number of hydrogen-bond donors (Lipinski definition) is 2. The van der Waals surface area contributed by atoms with Crippen LogP contribution < -0.4 is 10.1 Å². The van der Waals surface area contributed by atoms with Gasteiger partial charge < -0.3 is 20.1 Å². The molecule has 1 aliphatic heterocycles. The predicted octanol–water partition coefficient (Wildman–Crippen LogP) is 4.40. The van der Waals surface area contributed by atoms with Crippen molar-refractivity contribution in [2.75, 3.05) is 24.6 Å². The number of rotatable bonds is 8. The maximum atomic E-state index is 13.2. The Labute approximate surface area is 216 Å². The summed E-state index contributed by atoms with van der Waals surface area (Å²) in [6, 6.07) is 16.0. The molecule has 36 heavy (non-hydrogen) atoms. The Kier molecular flexibility index (Phi) is 9.28. The van der Waals surface area contributed by atoms with E-state index >= 15 is 0 Å². The number of ether oxygens (including phenoxy) is 1. The maximum Gasteiger partial charge on any atom is 0.415 e. The zero-order valence-electron chi connectivity index (χ0n) is 20.4. The smallest absolute Gasteiger partial charge is 0.415 e. The van der Waals surface area contributed by atoms with Crippen molar-refractivity contribution in [2.24, 2.45) is 11.8 Å². The quantitative estimate of drug-likeness (QED) is 0.547.